The first-order chi connectivity index (χ1) is 11.3. The van der Waals surface area contributed by atoms with Crippen molar-refractivity contribution in [2.45, 2.75) is 31.5 Å². The van der Waals surface area contributed by atoms with Gasteiger partial charge in [-0.2, -0.15) is 0 Å². The summed E-state index contributed by atoms with van der Waals surface area (Å²) in [5.74, 6) is 0.671. The Bertz CT molecular complexity index is 553. The number of amides is 1. The minimum atomic E-state index is -0.359. The van der Waals surface area contributed by atoms with E-state index < -0.39 is 0 Å². The summed E-state index contributed by atoms with van der Waals surface area (Å²) in [6.45, 7) is 4.87. The molecule has 0 aromatic carbocycles. The van der Waals surface area contributed by atoms with Crippen molar-refractivity contribution in [1.82, 2.24) is 9.88 Å². The van der Waals surface area contributed by atoms with E-state index in [1.165, 1.54) is 0 Å². The van der Waals surface area contributed by atoms with Gasteiger partial charge in [0.25, 0.3) is 5.91 Å². The monoisotopic (exact) mass is 317 g/mol. The van der Waals surface area contributed by atoms with Crippen LogP contribution in [0.5, 0.6) is 0 Å². The number of carbonyl (C=O) groups is 1. The van der Waals surface area contributed by atoms with Gasteiger partial charge in [0, 0.05) is 45.2 Å². The third-order valence-corrected chi connectivity index (χ3v) is 5.05. The Balaban J connectivity index is 1.39. The van der Waals surface area contributed by atoms with Crippen molar-refractivity contribution >= 4 is 11.7 Å². The molecule has 3 fully saturated rings. The first-order valence-electron chi connectivity index (χ1n) is 8.54. The van der Waals surface area contributed by atoms with Crippen LogP contribution < -0.4 is 4.90 Å². The van der Waals surface area contributed by atoms with E-state index in [0.29, 0.717) is 18.8 Å². The largest absolute Gasteiger partial charge is 0.356 e. The zero-order valence-corrected chi connectivity index (χ0v) is 13.4. The van der Waals surface area contributed by atoms with Gasteiger partial charge in [0.1, 0.15) is 5.82 Å². The summed E-state index contributed by atoms with van der Waals surface area (Å²) in [5, 5.41) is 0. The predicted octanol–water partition coefficient (Wildman–Crippen LogP) is 1.66. The lowest BCUT2D eigenvalue weighted by atomic mass is 10.0. The van der Waals surface area contributed by atoms with E-state index in [0.717, 1.165) is 57.7 Å². The fourth-order valence-electron chi connectivity index (χ4n) is 3.66. The third-order valence-electron chi connectivity index (χ3n) is 5.05. The van der Waals surface area contributed by atoms with Gasteiger partial charge in [0.15, 0.2) is 5.79 Å². The van der Waals surface area contributed by atoms with Gasteiger partial charge >= 0.3 is 0 Å². The van der Waals surface area contributed by atoms with Crippen LogP contribution in [-0.2, 0) is 9.47 Å². The van der Waals surface area contributed by atoms with Gasteiger partial charge in [-0.15, -0.1) is 0 Å². The molecule has 1 spiro atoms. The Morgan fingerprint density at radius 2 is 1.74 bits per heavy atom. The lowest BCUT2D eigenvalue weighted by Crippen LogP contribution is -2.45. The van der Waals surface area contributed by atoms with E-state index >= 15 is 0 Å². The zero-order valence-electron chi connectivity index (χ0n) is 13.4. The molecule has 3 saturated heterocycles. The van der Waals surface area contributed by atoms with Gasteiger partial charge in [0.05, 0.1) is 18.8 Å². The van der Waals surface area contributed by atoms with E-state index in [1.54, 1.807) is 6.20 Å². The number of ether oxygens (including phenoxy) is 2. The number of carbonyl (C=O) groups excluding carboxylic acids is 1. The number of pyridine rings is 1. The van der Waals surface area contributed by atoms with E-state index in [4.69, 9.17) is 9.47 Å². The van der Waals surface area contributed by atoms with Crippen molar-refractivity contribution in [3.8, 4) is 0 Å². The first-order valence-corrected chi connectivity index (χ1v) is 8.54. The highest BCUT2D eigenvalue weighted by Gasteiger charge is 2.40. The Morgan fingerprint density at radius 3 is 2.35 bits per heavy atom. The SMILES string of the molecule is O=C(c1ccc(N2CCC3(CC2)OCCO3)nc1)N1CCCC1. The number of aromatic nitrogens is 1. The number of piperidine rings is 1. The number of rotatable bonds is 2. The Hall–Kier alpha value is -1.66. The van der Waals surface area contributed by atoms with Crippen LogP contribution in [0, 0.1) is 0 Å². The molecular formula is C17H23N3O3. The molecule has 1 aromatic rings. The van der Waals surface area contributed by atoms with E-state index in [-0.39, 0.29) is 11.7 Å². The third kappa shape index (κ3) is 2.93. The first kappa shape index (κ1) is 14.9. The predicted molar refractivity (Wildman–Crippen MR) is 85.5 cm³/mol. The molecule has 6 heteroatoms. The second-order valence-electron chi connectivity index (χ2n) is 6.50. The number of likely N-dealkylation sites (tertiary alicyclic amines) is 1. The fraction of sp³-hybridized carbons (Fsp3) is 0.647. The summed E-state index contributed by atoms with van der Waals surface area (Å²) in [6, 6.07) is 3.85. The molecule has 0 atom stereocenters. The molecule has 124 valence electrons. The minimum absolute atomic E-state index is 0.104. The summed E-state index contributed by atoms with van der Waals surface area (Å²) in [4.78, 5) is 21.0. The minimum Gasteiger partial charge on any atom is -0.356 e. The fourth-order valence-corrected chi connectivity index (χ4v) is 3.66. The molecule has 0 aliphatic carbocycles. The van der Waals surface area contributed by atoms with Crippen LogP contribution in [-0.4, -0.2) is 61.0 Å². The molecule has 0 unspecified atom stereocenters. The molecule has 0 radical (unpaired) electrons. The quantitative estimate of drug-likeness (QED) is 0.830. The maximum Gasteiger partial charge on any atom is 0.255 e. The maximum absolute atomic E-state index is 12.3. The summed E-state index contributed by atoms with van der Waals surface area (Å²) < 4.78 is 11.5. The summed E-state index contributed by atoms with van der Waals surface area (Å²) in [6.07, 6.45) is 5.66. The smallest absolute Gasteiger partial charge is 0.255 e. The highest BCUT2D eigenvalue weighted by atomic mass is 16.7. The molecule has 3 aliphatic heterocycles. The average molecular weight is 317 g/mol. The normalized spacial score (nSPS) is 23.7. The molecule has 0 N–H and O–H groups in total. The molecule has 0 saturated carbocycles. The average Bonchev–Trinajstić information content (AvgIpc) is 3.28. The molecule has 0 bridgehead atoms. The highest BCUT2D eigenvalue weighted by molar-refractivity contribution is 5.94. The number of hydrogen-bond acceptors (Lipinski definition) is 5. The highest BCUT2D eigenvalue weighted by Crippen LogP contribution is 2.32. The van der Waals surface area contributed by atoms with E-state index in [9.17, 15) is 4.79 Å². The van der Waals surface area contributed by atoms with Gasteiger partial charge in [-0.1, -0.05) is 0 Å². The lowest BCUT2D eigenvalue weighted by molar-refractivity contribution is -0.169. The van der Waals surface area contributed by atoms with Crippen LogP contribution in [0.1, 0.15) is 36.0 Å². The van der Waals surface area contributed by atoms with Crippen LogP contribution in [0.4, 0.5) is 5.82 Å². The van der Waals surface area contributed by atoms with Crippen molar-refractivity contribution in [2.24, 2.45) is 0 Å². The number of nitrogens with zero attached hydrogens (tertiary/aromatic N) is 3. The molecular weight excluding hydrogens is 294 g/mol. The summed E-state index contributed by atoms with van der Waals surface area (Å²) in [7, 11) is 0. The van der Waals surface area contributed by atoms with Crippen molar-refractivity contribution < 1.29 is 14.3 Å². The molecule has 4 rings (SSSR count). The van der Waals surface area contributed by atoms with Crippen molar-refractivity contribution in [3.63, 3.8) is 0 Å². The summed E-state index contributed by atoms with van der Waals surface area (Å²) >= 11 is 0. The van der Waals surface area contributed by atoms with E-state index in [1.807, 2.05) is 17.0 Å². The van der Waals surface area contributed by atoms with Gasteiger partial charge in [-0.25, -0.2) is 4.98 Å². The van der Waals surface area contributed by atoms with Crippen LogP contribution in [0.25, 0.3) is 0 Å². The standard InChI is InChI=1S/C17H23N3O3/c21-16(20-7-1-2-8-20)14-3-4-15(18-13-14)19-9-5-17(6-10-19)22-11-12-23-17/h3-4,13H,1-2,5-12H2. The zero-order chi connectivity index (χ0) is 15.7. The van der Waals surface area contributed by atoms with Crippen molar-refractivity contribution in [2.75, 3.05) is 44.3 Å². The Kier molecular flexibility index (Phi) is 3.95. The van der Waals surface area contributed by atoms with Crippen LogP contribution in [0.2, 0.25) is 0 Å². The second-order valence-corrected chi connectivity index (χ2v) is 6.50. The molecule has 4 heterocycles. The van der Waals surface area contributed by atoms with Crippen molar-refractivity contribution in [1.29, 1.82) is 0 Å². The van der Waals surface area contributed by atoms with Crippen LogP contribution >= 0.6 is 0 Å². The number of anilines is 1. The summed E-state index contributed by atoms with van der Waals surface area (Å²) in [5.41, 5.74) is 0.687. The topological polar surface area (TPSA) is 54.9 Å². The van der Waals surface area contributed by atoms with Crippen LogP contribution in [0.3, 0.4) is 0 Å². The molecule has 1 amide bonds. The second kappa shape index (κ2) is 6.09. The molecule has 23 heavy (non-hydrogen) atoms. The van der Waals surface area contributed by atoms with Gasteiger partial charge < -0.3 is 19.3 Å². The Labute approximate surface area is 136 Å². The van der Waals surface area contributed by atoms with Gasteiger partial charge in [0.2, 0.25) is 0 Å². The van der Waals surface area contributed by atoms with Crippen LogP contribution in [0.15, 0.2) is 18.3 Å². The Morgan fingerprint density at radius 1 is 1.04 bits per heavy atom. The van der Waals surface area contributed by atoms with Gasteiger partial charge in [-0.3, -0.25) is 4.79 Å². The lowest BCUT2D eigenvalue weighted by Gasteiger charge is -2.38. The maximum atomic E-state index is 12.3. The molecule has 6 nitrogen and oxygen atoms in total. The van der Waals surface area contributed by atoms with Gasteiger partial charge in [-0.05, 0) is 25.0 Å². The van der Waals surface area contributed by atoms with E-state index in [2.05, 4.69) is 9.88 Å². The molecule has 1 aromatic heterocycles. The van der Waals surface area contributed by atoms with Crippen molar-refractivity contribution in [3.05, 3.63) is 23.9 Å². The number of hydrogen-bond donors (Lipinski definition) is 0. The molecule has 3 aliphatic rings.